The van der Waals surface area contributed by atoms with Gasteiger partial charge in [-0.25, -0.2) is 0 Å². The summed E-state index contributed by atoms with van der Waals surface area (Å²) in [5.41, 5.74) is 7.81. The molecule has 4 nitrogen and oxygen atoms in total. The first-order valence-corrected chi connectivity index (χ1v) is 5.49. The Labute approximate surface area is 97.4 Å². The lowest BCUT2D eigenvalue weighted by Crippen LogP contribution is -2.40. The molecule has 1 heterocycles. The third-order valence-electron chi connectivity index (χ3n) is 2.61. The van der Waals surface area contributed by atoms with Crippen molar-refractivity contribution < 1.29 is 4.74 Å². The standard InChI is InChI=1S/C12H21N3O/c1-10-5-4-6-11(14-10)8-15(2)12(7-13)9-16-3/h4-6,12H,7-9,13H2,1-3H3. The van der Waals surface area contributed by atoms with Crippen molar-refractivity contribution >= 4 is 0 Å². The average Bonchev–Trinajstić information content (AvgIpc) is 2.25. The molecule has 0 bridgehead atoms. The molecule has 0 saturated carbocycles. The second-order valence-electron chi connectivity index (χ2n) is 4.03. The van der Waals surface area contributed by atoms with Crippen LogP contribution in [0.15, 0.2) is 18.2 Å². The molecule has 1 rings (SSSR count). The van der Waals surface area contributed by atoms with Crippen molar-refractivity contribution in [3.63, 3.8) is 0 Å². The van der Waals surface area contributed by atoms with E-state index < -0.39 is 0 Å². The van der Waals surface area contributed by atoms with Crippen molar-refractivity contribution in [3.8, 4) is 0 Å². The highest BCUT2D eigenvalue weighted by Gasteiger charge is 2.13. The van der Waals surface area contributed by atoms with Gasteiger partial charge in [0.05, 0.1) is 12.3 Å². The number of pyridine rings is 1. The van der Waals surface area contributed by atoms with Crippen LogP contribution in [-0.4, -0.2) is 43.2 Å². The summed E-state index contributed by atoms with van der Waals surface area (Å²) in [5, 5.41) is 0. The normalized spacial score (nSPS) is 13.1. The van der Waals surface area contributed by atoms with Gasteiger partial charge in [-0.05, 0) is 26.1 Å². The Bertz CT molecular complexity index is 317. The van der Waals surface area contributed by atoms with E-state index in [2.05, 4.69) is 9.88 Å². The second kappa shape index (κ2) is 6.58. The van der Waals surface area contributed by atoms with E-state index >= 15 is 0 Å². The summed E-state index contributed by atoms with van der Waals surface area (Å²) < 4.78 is 5.14. The van der Waals surface area contributed by atoms with E-state index in [1.54, 1.807) is 7.11 Å². The van der Waals surface area contributed by atoms with Crippen LogP contribution in [0.25, 0.3) is 0 Å². The first-order chi connectivity index (χ1) is 7.67. The summed E-state index contributed by atoms with van der Waals surface area (Å²) >= 11 is 0. The molecule has 0 fully saturated rings. The van der Waals surface area contributed by atoms with Gasteiger partial charge in [-0.15, -0.1) is 0 Å². The summed E-state index contributed by atoms with van der Waals surface area (Å²) in [7, 11) is 3.74. The fourth-order valence-electron chi connectivity index (χ4n) is 1.64. The Hall–Kier alpha value is -0.970. The highest BCUT2D eigenvalue weighted by Crippen LogP contribution is 2.05. The first kappa shape index (κ1) is 13.1. The van der Waals surface area contributed by atoms with Crippen molar-refractivity contribution in [3.05, 3.63) is 29.6 Å². The second-order valence-corrected chi connectivity index (χ2v) is 4.03. The number of hydrogen-bond acceptors (Lipinski definition) is 4. The first-order valence-electron chi connectivity index (χ1n) is 5.49. The van der Waals surface area contributed by atoms with Gasteiger partial charge in [-0.2, -0.15) is 0 Å². The summed E-state index contributed by atoms with van der Waals surface area (Å²) in [6.07, 6.45) is 0. The molecule has 0 saturated heterocycles. The summed E-state index contributed by atoms with van der Waals surface area (Å²) in [6, 6.07) is 6.30. The summed E-state index contributed by atoms with van der Waals surface area (Å²) in [6.45, 7) is 4.04. The Balaban J connectivity index is 2.58. The zero-order valence-electron chi connectivity index (χ0n) is 10.3. The van der Waals surface area contributed by atoms with E-state index in [4.69, 9.17) is 10.5 Å². The quantitative estimate of drug-likeness (QED) is 0.775. The van der Waals surface area contributed by atoms with Crippen LogP contribution in [0, 0.1) is 6.92 Å². The van der Waals surface area contributed by atoms with Crippen LogP contribution in [-0.2, 0) is 11.3 Å². The van der Waals surface area contributed by atoms with Crippen LogP contribution in [0.1, 0.15) is 11.4 Å². The van der Waals surface area contributed by atoms with Crippen molar-refractivity contribution in [2.75, 3.05) is 27.3 Å². The fraction of sp³-hybridized carbons (Fsp3) is 0.583. The number of likely N-dealkylation sites (N-methyl/N-ethyl adjacent to an activating group) is 1. The number of aromatic nitrogens is 1. The summed E-state index contributed by atoms with van der Waals surface area (Å²) in [5.74, 6) is 0. The van der Waals surface area contributed by atoms with E-state index in [0.29, 0.717) is 13.2 Å². The molecule has 1 atom stereocenters. The number of nitrogens with two attached hydrogens (primary N) is 1. The molecule has 0 aliphatic rings. The van der Waals surface area contributed by atoms with Gasteiger partial charge >= 0.3 is 0 Å². The van der Waals surface area contributed by atoms with Crippen molar-refractivity contribution in [2.24, 2.45) is 5.73 Å². The Morgan fingerprint density at radius 2 is 2.25 bits per heavy atom. The number of methoxy groups -OCH3 is 1. The average molecular weight is 223 g/mol. The number of ether oxygens (including phenoxy) is 1. The predicted molar refractivity (Wildman–Crippen MR) is 65.2 cm³/mol. The zero-order valence-corrected chi connectivity index (χ0v) is 10.3. The van der Waals surface area contributed by atoms with Crippen LogP contribution in [0.3, 0.4) is 0 Å². The molecule has 1 unspecified atom stereocenters. The van der Waals surface area contributed by atoms with Gasteiger partial charge in [-0.3, -0.25) is 9.88 Å². The van der Waals surface area contributed by atoms with Crippen molar-refractivity contribution in [1.82, 2.24) is 9.88 Å². The SMILES string of the molecule is COCC(CN)N(C)Cc1cccc(C)n1. The molecule has 4 heteroatoms. The molecule has 0 spiro atoms. The van der Waals surface area contributed by atoms with E-state index in [-0.39, 0.29) is 6.04 Å². The smallest absolute Gasteiger partial charge is 0.0630 e. The lowest BCUT2D eigenvalue weighted by molar-refractivity contribution is 0.106. The maximum atomic E-state index is 5.70. The molecular formula is C12H21N3O. The predicted octanol–water partition coefficient (Wildman–Crippen LogP) is 0.796. The zero-order chi connectivity index (χ0) is 12.0. The van der Waals surface area contributed by atoms with E-state index in [9.17, 15) is 0 Å². The van der Waals surface area contributed by atoms with Gasteiger partial charge in [0.15, 0.2) is 0 Å². The van der Waals surface area contributed by atoms with Crippen LogP contribution < -0.4 is 5.73 Å². The van der Waals surface area contributed by atoms with Gasteiger partial charge < -0.3 is 10.5 Å². The van der Waals surface area contributed by atoms with E-state index in [1.807, 2.05) is 32.2 Å². The fourth-order valence-corrected chi connectivity index (χ4v) is 1.64. The molecule has 1 aromatic rings. The maximum Gasteiger partial charge on any atom is 0.0630 e. The van der Waals surface area contributed by atoms with E-state index in [1.165, 1.54) is 0 Å². The van der Waals surface area contributed by atoms with Crippen molar-refractivity contribution in [1.29, 1.82) is 0 Å². The van der Waals surface area contributed by atoms with Crippen LogP contribution in [0.2, 0.25) is 0 Å². The molecule has 0 aliphatic heterocycles. The Kier molecular flexibility index (Phi) is 5.38. The molecule has 16 heavy (non-hydrogen) atoms. The molecule has 0 amide bonds. The number of nitrogens with zero attached hydrogens (tertiary/aromatic N) is 2. The molecule has 0 radical (unpaired) electrons. The molecule has 90 valence electrons. The van der Waals surface area contributed by atoms with Crippen LogP contribution >= 0.6 is 0 Å². The number of aryl methyl sites for hydroxylation is 1. The van der Waals surface area contributed by atoms with E-state index in [0.717, 1.165) is 17.9 Å². The van der Waals surface area contributed by atoms with Gasteiger partial charge in [0.2, 0.25) is 0 Å². The highest BCUT2D eigenvalue weighted by atomic mass is 16.5. The molecule has 1 aromatic heterocycles. The Morgan fingerprint density at radius 1 is 1.50 bits per heavy atom. The lowest BCUT2D eigenvalue weighted by atomic mass is 10.2. The van der Waals surface area contributed by atoms with Gasteiger partial charge in [-0.1, -0.05) is 6.07 Å². The summed E-state index contributed by atoms with van der Waals surface area (Å²) in [4.78, 5) is 6.64. The van der Waals surface area contributed by atoms with Gasteiger partial charge in [0.25, 0.3) is 0 Å². The molecule has 2 N–H and O–H groups in total. The largest absolute Gasteiger partial charge is 0.383 e. The van der Waals surface area contributed by atoms with Crippen LogP contribution in [0.5, 0.6) is 0 Å². The minimum atomic E-state index is 0.243. The van der Waals surface area contributed by atoms with Crippen LogP contribution in [0.4, 0.5) is 0 Å². The lowest BCUT2D eigenvalue weighted by Gasteiger charge is -2.25. The molecular weight excluding hydrogens is 202 g/mol. The van der Waals surface area contributed by atoms with Gasteiger partial charge in [0, 0.05) is 31.9 Å². The minimum Gasteiger partial charge on any atom is -0.383 e. The number of hydrogen-bond donors (Lipinski definition) is 1. The molecule has 0 aliphatic carbocycles. The Morgan fingerprint density at radius 3 is 2.81 bits per heavy atom. The third kappa shape index (κ3) is 3.89. The van der Waals surface area contributed by atoms with Gasteiger partial charge in [0.1, 0.15) is 0 Å². The minimum absolute atomic E-state index is 0.243. The maximum absolute atomic E-state index is 5.70. The third-order valence-corrected chi connectivity index (χ3v) is 2.61. The topological polar surface area (TPSA) is 51.4 Å². The monoisotopic (exact) mass is 223 g/mol. The number of rotatable bonds is 6. The highest BCUT2D eigenvalue weighted by molar-refractivity contribution is 5.09. The van der Waals surface area contributed by atoms with Crippen molar-refractivity contribution in [2.45, 2.75) is 19.5 Å². The molecule has 0 aromatic carbocycles.